The summed E-state index contributed by atoms with van der Waals surface area (Å²) in [7, 11) is 1.44. The van der Waals surface area contributed by atoms with E-state index in [0.29, 0.717) is 21.7 Å². The molecule has 2 aromatic rings. The van der Waals surface area contributed by atoms with Gasteiger partial charge in [0.15, 0.2) is 0 Å². The molecule has 0 saturated heterocycles. The van der Waals surface area contributed by atoms with Crippen LogP contribution in [-0.2, 0) is 0 Å². The molecule has 100 valence electrons. The van der Waals surface area contributed by atoms with Crippen LogP contribution in [0, 0.1) is 0 Å². The summed E-state index contributed by atoms with van der Waals surface area (Å²) in [6.07, 6.45) is 0. The van der Waals surface area contributed by atoms with Gasteiger partial charge in [-0.1, -0.05) is 6.07 Å². The van der Waals surface area contributed by atoms with Crippen LogP contribution in [-0.4, -0.2) is 29.7 Å². The summed E-state index contributed by atoms with van der Waals surface area (Å²) >= 11 is 1.34. The van der Waals surface area contributed by atoms with E-state index >= 15 is 0 Å². The van der Waals surface area contributed by atoms with E-state index < -0.39 is 0 Å². The number of nitrogens with one attached hydrogen (secondary N) is 1. The number of carbonyl (C=O) groups excluding carboxylic acids is 3. The molecule has 1 aromatic carbocycles. The Morgan fingerprint density at radius 1 is 1.15 bits per heavy atom. The van der Waals surface area contributed by atoms with Gasteiger partial charge in [0, 0.05) is 12.7 Å². The zero-order valence-electron chi connectivity index (χ0n) is 10.5. The van der Waals surface area contributed by atoms with Crippen molar-refractivity contribution < 1.29 is 14.4 Å². The van der Waals surface area contributed by atoms with Crippen molar-refractivity contribution in [1.82, 2.24) is 4.90 Å². The second-order valence-electron chi connectivity index (χ2n) is 4.36. The molecule has 0 spiro atoms. The van der Waals surface area contributed by atoms with E-state index in [1.807, 2.05) is 5.38 Å². The lowest BCUT2D eigenvalue weighted by Crippen LogP contribution is -2.24. The van der Waals surface area contributed by atoms with E-state index in [0.717, 1.165) is 4.90 Å². The van der Waals surface area contributed by atoms with Crippen LogP contribution in [0.25, 0.3) is 0 Å². The second-order valence-corrected chi connectivity index (χ2v) is 5.31. The number of hydrogen-bond acceptors (Lipinski definition) is 4. The summed E-state index contributed by atoms with van der Waals surface area (Å²) in [6.45, 7) is 0. The number of fused-ring (bicyclic) bond motifs is 1. The Balaban J connectivity index is 1.89. The van der Waals surface area contributed by atoms with E-state index in [-0.39, 0.29) is 17.7 Å². The number of hydrogen-bond donors (Lipinski definition) is 1. The number of nitrogens with zero attached hydrogens (tertiary/aromatic N) is 1. The maximum Gasteiger partial charge on any atom is 0.265 e. The molecule has 0 radical (unpaired) electrons. The maximum absolute atomic E-state index is 11.9. The minimum absolute atomic E-state index is 0.231. The van der Waals surface area contributed by atoms with Crippen molar-refractivity contribution in [3.8, 4) is 0 Å². The number of rotatable bonds is 2. The third-order valence-corrected chi connectivity index (χ3v) is 3.96. The number of benzene rings is 1. The fraction of sp³-hybridized carbons (Fsp3) is 0.0714. The van der Waals surface area contributed by atoms with E-state index in [2.05, 4.69) is 5.32 Å². The molecule has 1 aliphatic rings. The first-order valence-corrected chi connectivity index (χ1v) is 6.77. The molecule has 20 heavy (non-hydrogen) atoms. The Kier molecular flexibility index (Phi) is 2.87. The fourth-order valence-corrected chi connectivity index (χ4v) is 2.66. The number of carbonyl (C=O) groups is 3. The normalized spacial score (nSPS) is 13.6. The predicted octanol–water partition coefficient (Wildman–Crippen LogP) is 2.23. The summed E-state index contributed by atoms with van der Waals surface area (Å²) in [5.41, 5.74) is 1.19. The molecule has 3 rings (SSSR count). The highest BCUT2D eigenvalue weighted by molar-refractivity contribution is 7.12. The standard InChI is InChI=1S/C14H10N2O3S/c1-16-13(18)9-5-4-8(7-10(9)14(16)19)15-12(17)11-3-2-6-20-11/h2-7H,1H3,(H,15,17). The highest BCUT2D eigenvalue weighted by Crippen LogP contribution is 2.25. The van der Waals surface area contributed by atoms with Crippen molar-refractivity contribution in [2.24, 2.45) is 0 Å². The monoisotopic (exact) mass is 286 g/mol. The quantitative estimate of drug-likeness (QED) is 0.861. The van der Waals surface area contributed by atoms with Crippen LogP contribution in [0.3, 0.4) is 0 Å². The second kappa shape index (κ2) is 4.57. The van der Waals surface area contributed by atoms with Crippen LogP contribution in [0.4, 0.5) is 5.69 Å². The Morgan fingerprint density at radius 2 is 1.90 bits per heavy atom. The molecule has 1 aromatic heterocycles. The van der Waals surface area contributed by atoms with Crippen molar-refractivity contribution in [3.05, 3.63) is 51.7 Å². The van der Waals surface area contributed by atoms with Gasteiger partial charge in [0.05, 0.1) is 16.0 Å². The van der Waals surface area contributed by atoms with Gasteiger partial charge in [0.1, 0.15) is 0 Å². The van der Waals surface area contributed by atoms with Crippen molar-refractivity contribution in [2.45, 2.75) is 0 Å². The maximum atomic E-state index is 11.9. The zero-order chi connectivity index (χ0) is 14.3. The minimum Gasteiger partial charge on any atom is -0.321 e. The van der Waals surface area contributed by atoms with Gasteiger partial charge in [-0.3, -0.25) is 19.3 Å². The summed E-state index contributed by atoms with van der Waals surface area (Å²) in [5.74, 6) is -0.900. The van der Waals surface area contributed by atoms with Gasteiger partial charge in [-0.25, -0.2) is 0 Å². The van der Waals surface area contributed by atoms with E-state index in [4.69, 9.17) is 0 Å². The van der Waals surface area contributed by atoms with Crippen LogP contribution < -0.4 is 5.32 Å². The molecular weight excluding hydrogens is 276 g/mol. The first-order chi connectivity index (χ1) is 9.58. The van der Waals surface area contributed by atoms with Crippen LogP contribution in [0.15, 0.2) is 35.7 Å². The lowest BCUT2D eigenvalue weighted by Gasteiger charge is -2.04. The van der Waals surface area contributed by atoms with Crippen molar-refractivity contribution >= 4 is 34.7 Å². The molecule has 6 heteroatoms. The van der Waals surface area contributed by atoms with Gasteiger partial charge in [-0.2, -0.15) is 0 Å². The molecule has 3 amide bonds. The average molecular weight is 286 g/mol. The third-order valence-electron chi connectivity index (χ3n) is 3.09. The molecule has 5 nitrogen and oxygen atoms in total. The first-order valence-electron chi connectivity index (χ1n) is 5.89. The van der Waals surface area contributed by atoms with Gasteiger partial charge in [-0.15, -0.1) is 11.3 Å². The molecule has 0 bridgehead atoms. The molecule has 0 saturated carbocycles. The van der Waals surface area contributed by atoms with Gasteiger partial charge in [0.25, 0.3) is 17.7 Å². The molecule has 0 fully saturated rings. The number of amides is 3. The lowest BCUT2D eigenvalue weighted by molar-refractivity contribution is 0.0692. The van der Waals surface area contributed by atoms with Crippen LogP contribution in [0.2, 0.25) is 0 Å². The van der Waals surface area contributed by atoms with Crippen molar-refractivity contribution in [3.63, 3.8) is 0 Å². The summed E-state index contributed by atoms with van der Waals surface area (Å²) in [6, 6.07) is 8.22. The summed E-state index contributed by atoms with van der Waals surface area (Å²) < 4.78 is 0. The van der Waals surface area contributed by atoms with Gasteiger partial charge >= 0.3 is 0 Å². The first kappa shape index (κ1) is 12.6. The SMILES string of the molecule is CN1C(=O)c2ccc(NC(=O)c3cccs3)cc2C1=O. The van der Waals surface area contributed by atoms with E-state index in [1.165, 1.54) is 24.5 Å². The highest BCUT2D eigenvalue weighted by atomic mass is 32.1. The predicted molar refractivity (Wildman–Crippen MR) is 75.1 cm³/mol. The number of imide groups is 1. The molecule has 1 N–H and O–H groups in total. The summed E-state index contributed by atoms with van der Waals surface area (Å²) in [5, 5.41) is 4.53. The minimum atomic E-state index is -0.350. The van der Waals surface area contributed by atoms with E-state index in [1.54, 1.807) is 24.3 Å². The third kappa shape index (κ3) is 1.90. The highest BCUT2D eigenvalue weighted by Gasteiger charge is 2.32. The fourth-order valence-electron chi connectivity index (χ4n) is 2.04. The van der Waals surface area contributed by atoms with Crippen molar-refractivity contribution in [2.75, 3.05) is 12.4 Å². The molecule has 1 aliphatic heterocycles. The average Bonchev–Trinajstić information content (AvgIpc) is 3.04. The molecule has 0 unspecified atom stereocenters. The molecule has 0 aliphatic carbocycles. The lowest BCUT2D eigenvalue weighted by atomic mass is 10.1. The van der Waals surface area contributed by atoms with Gasteiger partial charge in [-0.05, 0) is 29.6 Å². The van der Waals surface area contributed by atoms with Crippen LogP contribution in [0.5, 0.6) is 0 Å². The zero-order valence-corrected chi connectivity index (χ0v) is 11.4. The Morgan fingerprint density at radius 3 is 2.60 bits per heavy atom. The van der Waals surface area contributed by atoms with Crippen LogP contribution in [0.1, 0.15) is 30.4 Å². The smallest absolute Gasteiger partial charge is 0.265 e. The Labute approximate surface area is 118 Å². The van der Waals surface area contributed by atoms with Gasteiger partial charge in [0.2, 0.25) is 0 Å². The Bertz CT molecular complexity index is 722. The molecule has 0 atom stereocenters. The van der Waals surface area contributed by atoms with Gasteiger partial charge < -0.3 is 5.32 Å². The van der Waals surface area contributed by atoms with Crippen LogP contribution >= 0.6 is 11.3 Å². The number of anilines is 1. The Hall–Kier alpha value is -2.47. The van der Waals surface area contributed by atoms with E-state index in [9.17, 15) is 14.4 Å². The molecule has 2 heterocycles. The van der Waals surface area contributed by atoms with Crippen molar-refractivity contribution in [1.29, 1.82) is 0 Å². The molecular formula is C14H10N2O3S. The summed E-state index contributed by atoms with van der Waals surface area (Å²) in [4.78, 5) is 37.2. The topological polar surface area (TPSA) is 66.5 Å². The largest absolute Gasteiger partial charge is 0.321 e. The number of thiophene rings is 1.